The second kappa shape index (κ2) is 16.2. The molecule has 0 saturated carbocycles. The van der Waals surface area contributed by atoms with Crippen LogP contribution in [-0.2, 0) is 39.8 Å². The molecule has 3 fully saturated rings. The van der Waals surface area contributed by atoms with Crippen molar-refractivity contribution in [3.8, 4) is 28.7 Å². The van der Waals surface area contributed by atoms with Gasteiger partial charge in [-0.25, -0.2) is 4.79 Å². The highest BCUT2D eigenvalue weighted by atomic mass is 32.2. The lowest BCUT2D eigenvalue weighted by Crippen LogP contribution is -2.74. The van der Waals surface area contributed by atoms with E-state index < -0.39 is 41.5 Å². The largest absolute Gasteiger partial charge is 0.493 e. The van der Waals surface area contributed by atoms with E-state index in [-0.39, 0.29) is 72.7 Å². The van der Waals surface area contributed by atoms with Crippen molar-refractivity contribution in [2.75, 3.05) is 60.1 Å². The highest BCUT2D eigenvalue weighted by Gasteiger charge is 2.64. The van der Waals surface area contributed by atoms with E-state index >= 15 is 0 Å². The number of carbonyl (C=O) groups excluding carboxylic acids is 2. The molecule has 15 heteroatoms. The highest BCUT2D eigenvalue weighted by molar-refractivity contribution is 8.00. The third-order valence-corrected chi connectivity index (χ3v) is 14.2. The minimum Gasteiger partial charge on any atom is -0.493 e. The van der Waals surface area contributed by atoms with Gasteiger partial charge >= 0.3 is 5.97 Å². The number of rotatable bonds is 12. The number of fused-ring (bicyclic) bond motifs is 11. The summed E-state index contributed by atoms with van der Waals surface area (Å²) in [5.74, 6) is 1.23. The molecule has 0 amide bonds. The Labute approximate surface area is 358 Å². The molecule has 14 nitrogen and oxygen atoms in total. The number of likely N-dealkylation sites (N-methyl/N-ethyl adjacent to an activating group) is 1. The Morgan fingerprint density at radius 3 is 2.41 bits per heavy atom. The fourth-order valence-corrected chi connectivity index (χ4v) is 11.8. The summed E-state index contributed by atoms with van der Waals surface area (Å²) in [6, 6.07) is 18.1. The van der Waals surface area contributed by atoms with Crippen LogP contribution in [0.15, 0.2) is 82.4 Å². The summed E-state index contributed by atoms with van der Waals surface area (Å²) in [6.07, 6.45) is 0.393. The monoisotopic (exact) mass is 848 g/mol. The number of ketones is 1. The first-order chi connectivity index (χ1) is 29.6. The van der Waals surface area contributed by atoms with Crippen LogP contribution >= 0.6 is 11.8 Å². The number of esters is 1. The standard InChI is InChI=1S/C46H48N4O10S/c1-24-15-26-16-33-35(18-47)50-34(39(49(33)3)37(26)42(40(24)55-5)58-22-54-4)17-46(53)38(43-41(59-23-60-43)25(2)44(46)51)36(50)19-57-45(52)32(48-56-6)21-61-20-31-29-13-9-7-11-27(29)28-12-8-10-14-30(28)31/h7-15,31,33-36,39,53H,16-17,19-23H2,1-6H3/b48-32+/t33-,34?,35+,36+,39-,46-/m1/s1. The van der Waals surface area contributed by atoms with Gasteiger partial charge in [0.2, 0.25) is 6.79 Å². The molecule has 61 heavy (non-hydrogen) atoms. The molecule has 6 atom stereocenters. The molecular formula is C46H48N4O10S. The van der Waals surface area contributed by atoms with E-state index in [1.54, 1.807) is 25.8 Å². The molecule has 4 heterocycles. The number of Topliss-reactive ketones (excluding diaryl/α,β-unsaturated/α-hetero) is 1. The minimum absolute atomic E-state index is 0.0481. The number of carbonyl (C=O) groups is 2. The average Bonchev–Trinajstić information content (AvgIpc) is 3.87. The van der Waals surface area contributed by atoms with Crippen LogP contribution in [0, 0.1) is 18.3 Å². The van der Waals surface area contributed by atoms with Gasteiger partial charge in [-0.1, -0.05) is 59.8 Å². The zero-order chi connectivity index (χ0) is 42.7. The number of hydrogen-bond donors (Lipinski definition) is 1. The van der Waals surface area contributed by atoms with Crippen LogP contribution < -0.4 is 9.47 Å². The van der Waals surface area contributed by atoms with Crippen molar-refractivity contribution in [3.05, 3.63) is 105 Å². The SMILES string of the molecule is COCOc1c(OC)c(C)cc2c1[C@H]1C3C[C@]4(O)C(=O)C(C)=C5OCOC5=C4[C@H](COC(=O)/C(CSCC4c5ccccc5-c5ccccc54)=N/OC)N3[C@@H](C#N)[C@@H](C2)N1C. The fraction of sp³-hybridized carbons (Fsp3) is 0.435. The lowest BCUT2D eigenvalue weighted by Gasteiger charge is -2.62. The van der Waals surface area contributed by atoms with E-state index in [1.165, 1.54) is 36.5 Å². The van der Waals surface area contributed by atoms with Crippen molar-refractivity contribution < 1.29 is 48.0 Å². The normalized spacial score (nSPS) is 26.5. The first-order valence-corrected chi connectivity index (χ1v) is 21.5. The molecule has 4 aliphatic heterocycles. The molecule has 0 aromatic heterocycles. The summed E-state index contributed by atoms with van der Waals surface area (Å²) < 4.78 is 35.5. The quantitative estimate of drug-likeness (QED) is 0.110. The van der Waals surface area contributed by atoms with Crippen molar-refractivity contribution in [2.45, 2.75) is 68.4 Å². The number of aliphatic hydroxyl groups is 1. The second-order valence-corrected chi connectivity index (χ2v) is 17.3. The van der Waals surface area contributed by atoms with Gasteiger partial charge in [0.25, 0.3) is 0 Å². The maximum atomic E-state index is 14.5. The molecule has 318 valence electrons. The third-order valence-electron chi connectivity index (χ3n) is 13.2. The van der Waals surface area contributed by atoms with Gasteiger partial charge in [-0.3, -0.25) is 14.6 Å². The molecule has 3 saturated heterocycles. The summed E-state index contributed by atoms with van der Waals surface area (Å²) in [5, 5.41) is 28.1. The smallest absolute Gasteiger partial charge is 0.357 e. The van der Waals surface area contributed by atoms with Crippen molar-refractivity contribution in [2.24, 2.45) is 5.16 Å². The van der Waals surface area contributed by atoms with Crippen molar-refractivity contribution >= 4 is 29.2 Å². The molecule has 1 unspecified atom stereocenters. The number of thioether (sulfide) groups is 1. The Balaban J connectivity index is 1.06. The second-order valence-electron chi connectivity index (χ2n) is 16.2. The average molecular weight is 849 g/mol. The lowest BCUT2D eigenvalue weighted by molar-refractivity contribution is -0.155. The number of nitrogens with zero attached hydrogens (tertiary/aromatic N) is 4. The van der Waals surface area contributed by atoms with Gasteiger partial charge in [-0.2, -0.15) is 17.0 Å². The van der Waals surface area contributed by atoms with Gasteiger partial charge in [0, 0.05) is 59.7 Å². The van der Waals surface area contributed by atoms with Crippen LogP contribution in [0.2, 0.25) is 0 Å². The molecule has 0 radical (unpaired) electrons. The number of oxime groups is 1. The Hall–Kier alpha value is -5.37. The molecule has 2 bridgehead atoms. The zero-order valence-corrected chi connectivity index (χ0v) is 35.7. The molecule has 9 rings (SSSR count). The van der Waals surface area contributed by atoms with Crippen LogP contribution in [0.3, 0.4) is 0 Å². The Morgan fingerprint density at radius 2 is 1.74 bits per heavy atom. The highest BCUT2D eigenvalue weighted by Crippen LogP contribution is 2.57. The molecule has 2 aliphatic carbocycles. The van der Waals surface area contributed by atoms with Crippen molar-refractivity contribution in [3.63, 3.8) is 0 Å². The Morgan fingerprint density at radius 1 is 1.03 bits per heavy atom. The number of piperidine rings is 1. The Kier molecular flexibility index (Phi) is 10.9. The summed E-state index contributed by atoms with van der Waals surface area (Å²) in [4.78, 5) is 37.9. The van der Waals surface area contributed by atoms with Gasteiger partial charge in [0.05, 0.1) is 25.3 Å². The van der Waals surface area contributed by atoms with Crippen LogP contribution in [0.5, 0.6) is 11.5 Å². The van der Waals surface area contributed by atoms with E-state index in [0.29, 0.717) is 23.7 Å². The number of benzene rings is 3. The maximum Gasteiger partial charge on any atom is 0.357 e. The number of nitriles is 1. The summed E-state index contributed by atoms with van der Waals surface area (Å²) >= 11 is 1.55. The van der Waals surface area contributed by atoms with Crippen LogP contribution in [-0.4, -0.2) is 122 Å². The maximum absolute atomic E-state index is 14.5. The van der Waals surface area contributed by atoms with E-state index in [2.05, 4.69) is 46.5 Å². The van der Waals surface area contributed by atoms with E-state index in [0.717, 1.165) is 16.7 Å². The van der Waals surface area contributed by atoms with Gasteiger partial charge < -0.3 is 38.4 Å². The third kappa shape index (κ3) is 6.41. The van der Waals surface area contributed by atoms with Gasteiger partial charge in [0.1, 0.15) is 19.8 Å². The number of methoxy groups -OCH3 is 2. The van der Waals surface area contributed by atoms with E-state index in [4.69, 9.17) is 33.3 Å². The number of ether oxygens (including phenoxy) is 6. The lowest BCUT2D eigenvalue weighted by atomic mass is 9.65. The van der Waals surface area contributed by atoms with E-state index in [1.807, 2.05) is 43.1 Å². The number of piperazine rings is 1. The van der Waals surface area contributed by atoms with Gasteiger partial charge in [-0.05, 0) is 60.7 Å². The molecule has 1 N–H and O–H groups in total. The molecule has 3 aromatic rings. The first kappa shape index (κ1) is 41.0. The summed E-state index contributed by atoms with van der Waals surface area (Å²) in [5.41, 5.74) is 5.95. The Bertz CT molecular complexity index is 2400. The van der Waals surface area contributed by atoms with Crippen LogP contribution in [0.25, 0.3) is 11.1 Å². The fourth-order valence-electron chi connectivity index (χ4n) is 10.7. The molecule has 3 aromatic carbocycles. The topological polar surface area (TPSA) is 162 Å². The van der Waals surface area contributed by atoms with Crippen LogP contribution in [0.4, 0.5) is 0 Å². The zero-order valence-electron chi connectivity index (χ0n) is 34.9. The molecule has 0 spiro atoms. The molecule has 6 aliphatic rings. The summed E-state index contributed by atoms with van der Waals surface area (Å²) in [6.45, 7) is 3.00. The number of hydrogen-bond acceptors (Lipinski definition) is 15. The number of aryl methyl sites for hydroxylation is 1. The summed E-state index contributed by atoms with van der Waals surface area (Å²) in [7, 11) is 6.45. The van der Waals surface area contributed by atoms with Crippen LogP contribution in [0.1, 0.15) is 53.1 Å². The first-order valence-electron chi connectivity index (χ1n) is 20.3. The molecular weight excluding hydrogens is 801 g/mol. The van der Waals surface area contributed by atoms with Crippen molar-refractivity contribution in [1.82, 2.24) is 9.80 Å². The predicted molar refractivity (Wildman–Crippen MR) is 225 cm³/mol. The van der Waals surface area contributed by atoms with Gasteiger partial charge in [-0.15, -0.1) is 0 Å². The predicted octanol–water partition coefficient (Wildman–Crippen LogP) is 5.17. The van der Waals surface area contributed by atoms with E-state index in [9.17, 15) is 20.0 Å². The minimum atomic E-state index is -2.09. The van der Waals surface area contributed by atoms with Gasteiger partial charge in [0.15, 0.2) is 46.9 Å². The van der Waals surface area contributed by atoms with Crippen molar-refractivity contribution in [1.29, 1.82) is 5.26 Å².